The smallest absolute Gasteiger partial charge is 0.266 e. The van der Waals surface area contributed by atoms with E-state index in [1.165, 1.54) is 11.3 Å². The second-order valence-electron chi connectivity index (χ2n) is 5.41. The Kier molecular flexibility index (Phi) is 4.59. The number of carbonyl (C=O) groups is 1. The maximum atomic E-state index is 12.9. The van der Waals surface area contributed by atoms with Crippen LogP contribution in [0.5, 0.6) is 0 Å². The molecule has 0 saturated heterocycles. The second kappa shape index (κ2) is 6.64. The lowest BCUT2D eigenvalue weighted by Crippen LogP contribution is -2.29. The Balaban J connectivity index is 1.85. The van der Waals surface area contributed by atoms with E-state index in [2.05, 4.69) is 4.98 Å². The molecule has 0 fully saturated rings. The van der Waals surface area contributed by atoms with E-state index in [1.807, 2.05) is 68.7 Å². The predicted octanol–water partition coefficient (Wildman–Crippen LogP) is 5.01. The Morgan fingerprint density at radius 3 is 2.57 bits per heavy atom. The van der Waals surface area contributed by atoms with Gasteiger partial charge in [-0.2, -0.15) is 0 Å². The van der Waals surface area contributed by atoms with Crippen LogP contribution in [-0.2, 0) is 0 Å². The van der Waals surface area contributed by atoms with Crippen LogP contribution >= 0.6 is 22.7 Å². The van der Waals surface area contributed by atoms with Gasteiger partial charge in [0.15, 0.2) is 0 Å². The molecule has 23 heavy (non-hydrogen) atoms. The first-order chi connectivity index (χ1) is 11.1. The summed E-state index contributed by atoms with van der Waals surface area (Å²) in [7, 11) is 1.85. The minimum atomic E-state index is 0.0235. The molecule has 2 aromatic heterocycles. The van der Waals surface area contributed by atoms with Gasteiger partial charge in [-0.05, 0) is 30.9 Å². The fraction of sp³-hybridized carbons (Fsp3) is 0.222. The molecule has 2 heterocycles. The number of benzene rings is 1. The minimum Gasteiger partial charge on any atom is -0.334 e. The van der Waals surface area contributed by atoms with E-state index in [9.17, 15) is 4.79 Å². The number of thiophene rings is 1. The number of hydrogen-bond acceptors (Lipinski definition) is 4. The number of aryl methyl sites for hydroxylation is 1. The van der Waals surface area contributed by atoms with Crippen molar-refractivity contribution in [2.45, 2.75) is 19.9 Å². The lowest BCUT2D eigenvalue weighted by molar-refractivity contribution is 0.0746. The molecule has 0 aliphatic rings. The number of aromatic nitrogens is 1. The maximum Gasteiger partial charge on any atom is 0.266 e. The van der Waals surface area contributed by atoms with E-state index in [-0.39, 0.29) is 11.9 Å². The largest absolute Gasteiger partial charge is 0.334 e. The average Bonchev–Trinajstić information content (AvgIpc) is 3.23. The molecule has 0 unspecified atom stereocenters. The molecule has 118 valence electrons. The third kappa shape index (κ3) is 3.21. The summed E-state index contributed by atoms with van der Waals surface area (Å²) in [5.74, 6) is 0.0270. The third-order valence-corrected chi connectivity index (χ3v) is 6.09. The lowest BCUT2D eigenvalue weighted by Gasteiger charge is -2.25. The summed E-state index contributed by atoms with van der Waals surface area (Å²) in [6.07, 6.45) is 0. The van der Waals surface area contributed by atoms with Gasteiger partial charge < -0.3 is 4.90 Å². The Labute approximate surface area is 144 Å². The standard InChI is InChI=1S/C18H18N2OS2/c1-12-16(23-17(19-12)15-10-7-11-22-15)18(21)20(3)13(2)14-8-5-4-6-9-14/h4-11,13H,1-3H3/t13-/m1/s1. The van der Waals surface area contributed by atoms with Crippen LogP contribution < -0.4 is 0 Å². The highest BCUT2D eigenvalue weighted by atomic mass is 32.1. The average molecular weight is 342 g/mol. The van der Waals surface area contributed by atoms with Crippen molar-refractivity contribution < 1.29 is 4.79 Å². The summed E-state index contributed by atoms with van der Waals surface area (Å²) in [4.78, 5) is 21.0. The number of rotatable bonds is 4. The van der Waals surface area contributed by atoms with Gasteiger partial charge in [-0.1, -0.05) is 36.4 Å². The van der Waals surface area contributed by atoms with Crippen molar-refractivity contribution in [3.8, 4) is 9.88 Å². The summed E-state index contributed by atoms with van der Waals surface area (Å²) in [6.45, 7) is 3.95. The molecule has 3 nitrogen and oxygen atoms in total. The van der Waals surface area contributed by atoms with Gasteiger partial charge in [-0.15, -0.1) is 22.7 Å². The molecule has 5 heteroatoms. The van der Waals surface area contributed by atoms with Gasteiger partial charge >= 0.3 is 0 Å². The first kappa shape index (κ1) is 15.9. The summed E-state index contributed by atoms with van der Waals surface area (Å²) >= 11 is 3.12. The van der Waals surface area contributed by atoms with Gasteiger partial charge in [-0.3, -0.25) is 4.79 Å². The molecule has 0 bridgehead atoms. The van der Waals surface area contributed by atoms with Gasteiger partial charge in [0.1, 0.15) is 9.88 Å². The van der Waals surface area contributed by atoms with Gasteiger partial charge in [0.05, 0.1) is 16.6 Å². The molecule has 0 radical (unpaired) electrons. The van der Waals surface area contributed by atoms with Crippen molar-refractivity contribution >= 4 is 28.6 Å². The molecule has 0 N–H and O–H groups in total. The van der Waals surface area contributed by atoms with Crippen molar-refractivity contribution in [2.24, 2.45) is 0 Å². The van der Waals surface area contributed by atoms with Crippen molar-refractivity contribution in [3.63, 3.8) is 0 Å². The summed E-state index contributed by atoms with van der Waals surface area (Å²) in [5, 5.41) is 2.94. The zero-order valence-corrected chi connectivity index (χ0v) is 14.9. The molecular weight excluding hydrogens is 324 g/mol. The summed E-state index contributed by atoms with van der Waals surface area (Å²) in [6, 6.07) is 14.1. The van der Waals surface area contributed by atoms with Gasteiger partial charge in [-0.25, -0.2) is 4.98 Å². The lowest BCUT2D eigenvalue weighted by atomic mass is 10.1. The van der Waals surface area contributed by atoms with Crippen LogP contribution in [-0.4, -0.2) is 22.8 Å². The van der Waals surface area contributed by atoms with Crippen molar-refractivity contribution in [1.82, 2.24) is 9.88 Å². The van der Waals surface area contributed by atoms with E-state index in [1.54, 1.807) is 16.2 Å². The molecule has 0 spiro atoms. The van der Waals surface area contributed by atoms with Gasteiger partial charge in [0.25, 0.3) is 5.91 Å². The molecule has 1 aromatic carbocycles. The van der Waals surface area contributed by atoms with Crippen LogP contribution in [0, 0.1) is 6.92 Å². The quantitative estimate of drug-likeness (QED) is 0.667. The van der Waals surface area contributed by atoms with Crippen LogP contribution in [0.1, 0.15) is 33.9 Å². The fourth-order valence-corrected chi connectivity index (χ4v) is 4.24. The minimum absolute atomic E-state index is 0.0235. The first-order valence-electron chi connectivity index (χ1n) is 7.41. The first-order valence-corrected chi connectivity index (χ1v) is 9.11. The van der Waals surface area contributed by atoms with Crippen LogP contribution in [0.4, 0.5) is 0 Å². The predicted molar refractivity (Wildman–Crippen MR) is 97.1 cm³/mol. The zero-order valence-electron chi connectivity index (χ0n) is 13.3. The number of nitrogens with zero attached hydrogens (tertiary/aromatic N) is 2. The Morgan fingerprint density at radius 2 is 1.91 bits per heavy atom. The Bertz CT molecular complexity index is 794. The second-order valence-corrected chi connectivity index (χ2v) is 7.36. The molecular formula is C18H18N2OS2. The Hall–Kier alpha value is -1.98. The highest BCUT2D eigenvalue weighted by Gasteiger charge is 2.23. The number of carbonyl (C=O) groups excluding carboxylic acids is 1. The van der Waals surface area contributed by atoms with E-state index < -0.39 is 0 Å². The van der Waals surface area contributed by atoms with E-state index >= 15 is 0 Å². The molecule has 0 aliphatic carbocycles. The SMILES string of the molecule is Cc1nc(-c2cccs2)sc1C(=O)N(C)[C@H](C)c1ccccc1. The van der Waals surface area contributed by atoms with E-state index in [4.69, 9.17) is 0 Å². The summed E-state index contributed by atoms with van der Waals surface area (Å²) < 4.78 is 0. The number of thiazole rings is 1. The van der Waals surface area contributed by atoms with E-state index in [0.717, 1.165) is 26.0 Å². The van der Waals surface area contributed by atoms with E-state index in [0.29, 0.717) is 0 Å². The van der Waals surface area contributed by atoms with Gasteiger partial charge in [0, 0.05) is 7.05 Å². The van der Waals surface area contributed by atoms with Crippen LogP contribution in [0.2, 0.25) is 0 Å². The molecule has 3 rings (SSSR count). The number of hydrogen-bond donors (Lipinski definition) is 0. The highest BCUT2D eigenvalue weighted by molar-refractivity contribution is 7.22. The topological polar surface area (TPSA) is 33.2 Å². The third-order valence-electron chi connectivity index (χ3n) is 3.91. The molecule has 0 saturated carbocycles. The molecule has 0 aliphatic heterocycles. The fourth-order valence-electron chi connectivity index (χ4n) is 2.39. The monoisotopic (exact) mass is 342 g/mol. The molecule has 3 aromatic rings. The van der Waals surface area contributed by atoms with Crippen LogP contribution in [0.25, 0.3) is 9.88 Å². The van der Waals surface area contributed by atoms with Crippen molar-refractivity contribution in [3.05, 3.63) is 64.0 Å². The zero-order chi connectivity index (χ0) is 16.4. The van der Waals surface area contributed by atoms with Crippen LogP contribution in [0.15, 0.2) is 47.8 Å². The normalized spacial score (nSPS) is 12.1. The maximum absolute atomic E-state index is 12.9. The molecule has 1 atom stereocenters. The molecule has 1 amide bonds. The van der Waals surface area contributed by atoms with Gasteiger partial charge in [0.2, 0.25) is 0 Å². The number of amides is 1. The van der Waals surface area contributed by atoms with Crippen molar-refractivity contribution in [1.29, 1.82) is 0 Å². The Morgan fingerprint density at radius 1 is 1.17 bits per heavy atom. The van der Waals surface area contributed by atoms with Crippen molar-refractivity contribution in [2.75, 3.05) is 7.05 Å². The summed E-state index contributed by atoms with van der Waals surface area (Å²) in [5.41, 5.74) is 1.93. The highest BCUT2D eigenvalue weighted by Crippen LogP contribution is 2.32. The van der Waals surface area contributed by atoms with Crippen LogP contribution in [0.3, 0.4) is 0 Å².